The summed E-state index contributed by atoms with van der Waals surface area (Å²) in [5.41, 5.74) is -0.847. The molecule has 0 aromatic heterocycles. The summed E-state index contributed by atoms with van der Waals surface area (Å²) in [6.07, 6.45) is 0. The Bertz CT molecular complexity index is 693. The van der Waals surface area contributed by atoms with Crippen molar-refractivity contribution < 1.29 is 0 Å². The minimum atomic E-state index is -3.27. The van der Waals surface area contributed by atoms with Gasteiger partial charge in [0, 0.05) is 11.1 Å². The average Bonchev–Trinajstić information content (AvgIpc) is 1.98. The molecular formula is C8H20Cl6N6P4. The molecule has 0 fully saturated rings. The van der Waals surface area contributed by atoms with Crippen LogP contribution in [0.25, 0.3) is 0 Å². The quantitative estimate of drug-likeness (QED) is 0.344. The molecule has 1 aliphatic rings. The van der Waals surface area contributed by atoms with Gasteiger partial charge in [0.05, 0.1) is 0 Å². The van der Waals surface area contributed by atoms with Crippen LogP contribution in [0.1, 0.15) is 41.5 Å². The lowest BCUT2D eigenvalue weighted by Crippen LogP contribution is -2.33. The van der Waals surface area contributed by atoms with Crippen LogP contribution < -0.4 is 10.2 Å². The predicted molar refractivity (Wildman–Crippen MR) is 118 cm³/mol. The summed E-state index contributed by atoms with van der Waals surface area (Å²) in [4.78, 5) is 0. The molecule has 0 saturated heterocycles. The number of nitrogens with one attached hydrogen (secondary N) is 2. The molecule has 0 aromatic carbocycles. The molecule has 6 nitrogen and oxygen atoms in total. The van der Waals surface area contributed by atoms with Crippen LogP contribution in [0.3, 0.4) is 0 Å². The van der Waals surface area contributed by atoms with Gasteiger partial charge in [-0.1, -0.05) is 0 Å². The Kier molecular flexibility index (Phi) is 7.98. The van der Waals surface area contributed by atoms with E-state index in [-0.39, 0.29) is 0 Å². The van der Waals surface area contributed by atoms with Crippen LogP contribution in [-0.2, 0) is 0 Å². The molecule has 0 bridgehead atoms. The Balaban J connectivity index is 3.76. The van der Waals surface area contributed by atoms with Gasteiger partial charge in [-0.2, -0.15) is 18.1 Å². The molecule has 0 amide bonds. The maximum Gasteiger partial charge on any atom is 0.257 e. The third kappa shape index (κ3) is 9.18. The first-order chi connectivity index (χ1) is 10.2. The van der Waals surface area contributed by atoms with Gasteiger partial charge in [-0.05, 0) is 109 Å². The summed E-state index contributed by atoms with van der Waals surface area (Å²) >= 11 is 38.2. The van der Waals surface area contributed by atoms with Crippen molar-refractivity contribution in [2.24, 2.45) is 18.1 Å². The molecule has 2 N–H and O–H groups in total. The molecule has 16 heteroatoms. The fourth-order valence-corrected chi connectivity index (χ4v) is 25.3. The monoisotopic (exact) mass is 534 g/mol. The highest BCUT2D eigenvalue weighted by Crippen LogP contribution is 2.85. The second kappa shape index (κ2) is 7.78. The summed E-state index contributed by atoms with van der Waals surface area (Å²) < 4.78 is 17.1. The lowest BCUT2D eigenvalue weighted by molar-refractivity contribution is 0.527. The number of halogens is 6. The third-order valence-corrected chi connectivity index (χ3v) is 18.8. The van der Waals surface area contributed by atoms with Crippen molar-refractivity contribution in [3.63, 3.8) is 0 Å². The second-order valence-corrected chi connectivity index (χ2v) is 23.8. The zero-order valence-corrected chi connectivity index (χ0v) is 22.0. The molecular weight excluding hydrogens is 517 g/mol. The summed E-state index contributed by atoms with van der Waals surface area (Å²) in [6.45, 7) is 5.21. The molecule has 1 heterocycles. The van der Waals surface area contributed by atoms with Gasteiger partial charge in [-0.3, -0.25) is 0 Å². The average molecular weight is 537 g/mol. The SMILES string of the molecule is CC(C)(C)NP1(Cl)=NP(Cl)(Cl)=NP(Cl)(Cl)=NP(Cl)(NC(C)(C)C)=N1. The van der Waals surface area contributed by atoms with Crippen LogP contribution in [0.5, 0.6) is 0 Å². The molecule has 0 saturated carbocycles. The van der Waals surface area contributed by atoms with Crippen LogP contribution in [0.15, 0.2) is 18.1 Å². The highest BCUT2D eigenvalue weighted by atomic mass is 35.9. The van der Waals surface area contributed by atoms with Crippen molar-refractivity contribution in [2.45, 2.75) is 52.6 Å². The second-order valence-electron chi connectivity index (χ2n) is 7.04. The fraction of sp³-hybridized carbons (Fsp3) is 1.00. The molecule has 144 valence electrons. The third-order valence-electron chi connectivity index (χ3n) is 1.86. The smallest absolute Gasteiger partial charge is 0.248 e. The molecule has 0 spiro atoms. The van der Waals surface area contributed by atoms with Gasteiger partial charge >= 0.3 is 0 Å². The van der Waals surface area contributed by atoms with E-state index in [2.05, 4.69) is 28.2 Å². The molecule has 1 rings (SSSR count). The topological polar surface area (TPSA) is 73.5 Å². The summed E-state index contributed by atoms with van der Waals surface area (Å²) in [5, 5.41) is 6.28. The van der Waals surface area contributed by atoms with Crippen LogP contribution >= 0.6 is 92.7 Å². The van der Waals surface area contributed by atoms with Crippen LogP contribution in [0, 0.1) is 0 Å². The van der Waals surface area contributed by atoms with E-state index in [0.29, 0.717) is 0 Å². The molecule has 2 atom stereocenters. The van der Waals surface area contributed by atoms with E-state index in [1.54, 1.807) is 0 Å². The van der Waals surface area contributed by atoms with Crippen molar-refractivity contribution in [3.05, 3.63) is 0 Å². The maximum atomic E-state index is 6.66. The first-order valence-electron chi connectivity index (χ1n) is 6.56. The number of rotatable bonds is 2. The Morgan fingerprint density at radius 3 is 1.25 bits per heavy atom. The molecule has 2 unspecified atom stereocenters. The standard InChI is InChI=1S/C8H20Cl6N6P4/c1-7(2,3)15-23(13)18-21(9,10)17-22(11,12)19-24(14,20-23)16-8(4,5)6/h15-16H,1-6H3. The maximum absolute atomic E-state index is 6.66. The Morgan fingerprint density at radius 2 is 0.875 bits per heavy atom. The van der Waals surface area contributed by atoms with E-state index in [0.717, 1.165) is 0 Å². The first-order valence-corrected chi connectivity index (χ1v) is 18.8. The predicted octanol–water partition coefficient (Wildman–Crippen LogP) is 9.99. The number of hydrogen-bond donors (Lipinski definition) is 2. The molecule has 1 aliphatic heterocycles. The van der Waals surface area contributed by atoms with Crippen molar-refractivity contribution in [2.75, 3.05) is 0 Å². The highest BCUT2D eigenvalue weighted by Gasteiger charge is 2.36. The molecule has 0 radical (unpaired) electrons. The van der Waals surface area contributed by atoms with Crippen molar-refractivity contribution >= 4 is 92.7 Å². The van der Waals surface area contributed by atoms with E-state index in [9.17, 15) is 0 Å². The lowest BCUT2D eigenvalue weighted by Gasteiger charge is -2.32. The van der Waals surface area contributed by atoms with Gasteiger partial charge in [0.15, 0.2) is 0 Å². The van der Waals surface area contributed by atoms with Gasteiger partial charge in [-0.25, -0.2) is 10.2 Å². The number of nitrogens with zero attached hydrogens (tertiary/aromatic N) is 4. The van der Waals surface area contributed by atoms with Gasteiger partial charge in [0.2, 0.25) is 13.4 Å². The van der Waals surface area contributed by atoms with Crippen molar-refractivity contribution in [3.8, 4) is 0 Å². The first kappa shape index (κ1) is 24.6. The van der Waals surface area contributed by atoms with Gasteiger partial charge in [0.1, 0.15) is 0 Å². The molecule has 24 heavy (non-hydrogen) atoms. The van der Waals surface area contributed by atoms with Crippen molar-refractivity contribution in [1.82, 2.24) is 10.2 Å². The largest absolute Gasteiger partial charge is 0.257 e. The Labute approximate surface area is 172 Å². The lowest BCUT2D eigenvalue weighted by atomic mass is 10.1. The van der Waals surface area contributed by atoms with E-state index in [1.807, 2.05) is 41.5 Å². The van der Waals surface area contributed by atoms with Gasteiger partial charge in [-0.15, -0.1) is 0 Å². The van der Waals surface area contributed by atoms with E-state index in [1.165, 1.54) is 0 Å². The Hall–Kier alpha value is 2.58. The van der Waals surface area contributed by atoms with Crippen molar-refractivity contribution in [1.29, 1.82) is 0 Å². The fourth-order valence-electron chi connectivity index (χ4n) is 1.59. The number of hydrogen-bond acceptors (Lipinski definition) is 6. The van der Waals surface area contributed by atoms with Gasteiger partial charge < -0.3 is 0 Å². The highest BCUT2D eigenvalue weighted by molar-refractivity contribution is 8.21. The zero-order valence-electron chi connectivity index (χ0n) is 13.8. The summed E-state index contributed by atoms with van der Waals surface area (Å²) in [5.74, 6) is -6.53. The zero-order chi connectivity index (χ0) is 19.2. The van der Waals surface area contributed by atoms with E-state index in [4.69, 9.17) is 67.4 Å². The normalized spacial score (nSPS) is 33.2. The van der Waals surface area contributed by atoms with Crippen LogP contribution in [-0.4, -0.2) is 11.1 Å². The summed E-state index contributed by atoms with van der Waals surface area (Å²) in [6, 6.07) is 0. The minimum Gasteiger partial charge on any atom is -0.248 e. The minimum absolute atomic E-state index is 0.423. The summed E-state index contributed by atoms with van der Waals surface area (Å²) in [7, 11) is 0. The Morgan fingerprint density at radius 1 is 0.542 bits per heavy atom. The van der Waals surface area contributed by atoms with Crippen LogP contribution in [0.2, 0.25) is 0 Å². The van der Waals surface area contributed by atoms with E-state index >= 15 is 0 Å². The molecule has 0 aliphatic carbocycles. The van der Waals surface area contributed by atoms with Gasteiger partial charge in [0.25, 0.3) is 11.8 Å². The van der Waals surface area contributed by atoms with Crippen LogP contribution in [0.4, 0.5) is 0 Å². The molecule has 0 aromatic rings. The van der Waals surface area contributed by atoms with E-state index < -0.39 is 36.3 Å².